The molecule has 0 aliphatic heterocycles. The van der Waals surface area contributed by atoms with E-state index < -0.39 is 0 Å². The fourth-order valence-electron chi connectivity index (χ4n) is 1.96. The molecule has 0 amide bonds. The molecule has 0 saturated heterocycles. The highest BCUT2D eigenvalue weighted by atomic mass is 32.1. The molecule has 3 rings (SSSR count). The summed E-state index contributed by atoms with van der Waals surface area (Å²) in [6, 6.07) is 4.22. The Morgan fingerprint density at radius 1 is 1.28 bits per heavy atom. The summed E-state index contributed by atoms with van der Waals surface area (Å²) in [6.45, 7) is 4.89. The summed E-state index contributed by atoms with van der Waals surface area (Å²) in [7, 11) is 0. The largest absolute Gasteiger partial charge is 0.370 e. The van der Waals surface area contributed by atoms with E-state index in [9.17, 15) is 0 Å². The van der Waals surface area contributed by atoms with Crippen molar-refractivity contribution in [3.05, 3.63) is 28.7 Å². The number of aromatic nitrogens is 2. The molecule has 3 nitrogen and oxygen atoms in total. The Labute approximate surface area is 114 Å². The number of aryl methyl sites for hydroxylation is 1. The first-order valence-corrected chi connectivity index (χ1v) is 7.59. The Kier molecular flexibility index (Phi) is 3.01. The number of hydrogen-bond donors (Lipinski definition) is 1. The van der Waals surface area contributed by atoms with Crippen LogP contribution in [-0.2, 0) is 0 Å². The molecule has 0 fully saturated rings. The van der Waals surface area contributed by atoms with Crippen molar-refractivity contribution >= 4 is 38.7 Å². The summed E-state index contributed by atoms with van der Waals surface area (Å²) in [5.74, 6) is 1.77. The molecule has 0 atom stereocenters. The second-order valence-corrected chi connectivity index (χ2v) is 5.76. The maximum atomic E-state index is 4.52. The maximum Gasteiger partial charge on any atom is 0.139 e. The molecule has 92 valence electrons. The van der Waals surface area contributed by atoms with Gasteiger partial charge >= 0.3 is 0 Å². The average Bonchev–Trinajstić information content (AvgIpc) is 2.95. The number of nitrogens with zero attached hydrogens (tertiary/aromatic N) is 2. The zero-order valence-corrected chi connectivity index (χ0v) is 11.9. The quantitative estimate of drug-likeness (QED) is 0.780. The molecule has 0 aliphatic carbocycles. The Bertz CT molecular complexity index is 671. The van der Waals surface area contributed by atoms with Gasteiger partial charge in [0.05, 0.1) is 5.39 Å². The third-order valence-electron chi connectivity index (χ3n) is 2.68. The van der Waals surface area contributed by atoms with Crippen LogP contribution in [-0.4, -0.2) is 16.5 Å². The summed E-state index contributed by atoms with van der Waals surface area (Å²) in [4.78, 5) is 11.4. The van der Waals surface area contributed by atoms with E-state index in [-0.39, 0.29) is 0 Å². The van der Waals surface area contributed by atoms with Gasteiger partial charge in [0.2, 0.25) is 0 Å². The monoisotopic (exact) mass is 275 g/mol. The fraction of sp³-hybridized carbons (Fsp3) is 0.231. The van der Waals surface area contributed by atoms with E-state index >= 15 is 0 Å². The molecular formula is C13H13N3S2. The van der Waals surface area contributed by atoms with E-state index in [1.807, 2.05) is 6.92 Å². The Hall–Kier alpha value is -1.46. The average molecular weight is 275 g/mol. The van der Waals surface area contributed by atoms with E-state index in [4.69, 9.17) is 0 Å². The second kappa shape index (κ2) is 4.66. The van der Waals surface area contributed by atoms with Crippen LogP contribution in [0.2, 0.25) is 0 Å². The highest BCUT2D eigenvalue weighted by Gasteiger charge is 2.14. The van der Waals surface area contributed by atoms with E-state index in [0.717, 1.165) is 28.4 Å². The zero-order valence-electron chi connectivity index (χ0n) is 10.2. The highest BCUT2D eigenvalue weighted by Crippen LogP contribution is 2.38. The van der Waals surface area contributed by atoms with Crippen molar-refractivity contribution in [2.75, 3.05) is 11.9 Å². The van der Waals surface area contributed by atoms with Gasteiger partial charge in [-0.25, -0.2) is 9.97 Å². The molecular weight excluding hydrogens is 262 g/mol. The second-order valence-electron chi connectivity index (χ2n) is 3.96. The van der Waals surface area contributed by atoms with E-state index in [0.29, 0.717) is 0 Å². The van der Waals surface area contributed by atoms with Gasteiger partial charge in [0.25, 0.3) is 0 Å². The van der Waals surface area contributed by atoms with Crippen LogP contribution in [0.3, 0.4) is 0 Å². The van der Waals surface area contributed by atoms with Gasteiger partial charge in [-0.1, -0.05) is 6.07 Å². The summed E-state index contributed by atoms with van der Waals surface area (Å²) in [6.07, 6.45) is 0. The smallest absolute Gasteiger partial charge is 0.139 e. The van der Waals surface area contributed by atoms with Crippen LogP contribution in [0.25, 0.3) is 20.7 Å². The molecule has 0 bridgehead atoms. The SMILES string of the molecule is CCNc1nc(C)nc2scc(-c3cccs3)c12. The van der Waals surface area contributed by atoms with E-state index in [2.05, 4.69) is 45.1 Å². The fourth-order valence-corrected chi connectivity index (χ4v) is 3.76. The minimum Gasteiger partial charge on any atom is -0.370 e. The molecule has 5 heteroatoms. The standard InChI is InChI=1S/C13H13N3S2/c1-3-14-12-11-9(10-5-4-6-17-10)7-18-13(11)16-8(2)15-12/h4-7H,3H2,1-2H3,(H,14,15,16). The van der Waals surface area contributed by atoms with Crippen LogP contribution in [0.15, 0.2) is 22.9 Å². The predicted molar refractivity (Wildman–Crippen MR) is 79.6 cm³/mol. The topological polar surface area (TPSA) is 37.8 Å². The number of rotatable bonds is 3. The Balaban J connectivity index is 2.28. The molecule has 1 N–H and O–H groups in total. The summed E-state index contributed by atoms with van der Waals surface area (Å²) >= 11 is 3.43. The van der Waals surface area contributed by atoms with Crippen molar-refractivity contribution in [3.8, 4) is 10.4 Å². The highest BCUT2D eigenvalue weighted by molar-refractivity contribution is 7.18. The van der Waals surface area contributed by atoms with Crippen molar-refractivity contribution in [2.24, 2.45) is 0 Å². The van der Waals surface area contributed by atoms with Gasteiger partial charge in [-0.05, 0) is 25.3 Å². The predicted octanol–water partition coefficient (Wildman–Crippen LogP) is 4.16. The summed E-state index contributed by atoms with van der Waals surface area (Å²) in [5, 5.41) is 8.76. The number of thiophene rings is 2. The first kappa shape index (κ1) is 11.6. The van der Waals surface area contributed by atoms with Gasteiger partial charge in [-0.2, -0.15) is 0 Å². The van der Waals surface area contributed by atoms with Crippen LogP contribution in [0, 0.1) is 6.92 Å². The Morgan fingerprint density at radius 3 is 2.89 bits per heavy atom. The number of nitrogens with one attached hydrogen (secondary N) is 1. The van der Waals surface area contributed by atoms with Crippen LogP contribution in [0.1, 0.15) is 12.7 Å². The van der Waals surface area contributed by atoms with Crippen molar-refractivity contribution in [1.82, 2.24) is 9.97 Å². The molecule has 0 radical (unpaired) electrons. The lowest BCUT2D eigenvalue weighted by atomic mass is 10.2. The lowest BCUT2D eigenvalue weighted by molar-refractivity contribution is 1.07. The van der Waals surface area contributed by atoms with E-state index in [1.165, 1.54) is 10.4 Å². The van der Waals surface area contributed by atoms with Crippen LogP contribution >= 0.6 is 22.7 Å². The van der Waals surface area contributed by atoms with Gasteiger partial charge in [0.15, 0.2) is 0 Å². The van der Waals surface area contributed by atoms with Crippen LogP contribution in [0.4, 0.5) is 5.82 Å². The van der Waals surface area contributed by atoms with Crippen LogP contribution in [0.5, 0.6) is 0 Å². The molecule has 0 aliphatic rings. The number of anilines is 1. The lowest BCUT2D eigenvalue weighted by Crippen LogP contribution is -2.02. The number of hydrogen-bond acceptors (Lipinski definition) is 5. The zero-order chi connectivity index (χ0) is 12.5. The molecule has 0 saturated carbocycles. The van der Waals surface area contributed by atoms with Gasteiger partial charge in [-0.15, -0.1) is 22.7 Å². The summed E-state index contributed by atoms with van der Waals surface area (Å²) in [5.41, 5.74) is 1.24. The van der Waals surface area contributed by atoms with Crippen LogP contribution < -0.4 is 5.32 Å². The first-order chi connectivity index (χ1) is 8.79. The lowest BCUT2D eigenvalue weighted by Gasteiger charge is -2.06. The molecule has 0 unspecified atom stereocenters. The van der Waals surface area contributed by atoms with Crippen molar-refractivity contribution < 1.29 is 0 Å². The van der Waals surface area contributed by atoms with Gasteiger partial charge in [0, 0.05) is 22.4 Å². The van der Waals surface area contributed by atoms with Crippen molar-refractivity contribution in [1.29, 1.82) is 0 Å². The van der Waals surface area contributed by atoms with Gasteiger partial charge < -0.3 is 5.32 Å². The summed E-state index contributed by atoms with van der Waals surface area (Å²) < 4.78 is 0. The molecule has 3 aromatic heterocycles. The van der Waals surface area contributed by atoms with Gasteiger partial charge in [-0.3, -0.25) is 0 Å². The molecule has 18 heavy (non-hydrogen) atoms. The van der Waals surface area contributed by atoms with E-state index in [1.54, 1.807) is 22.7 Å². The third kappa shape index (κ3) is 1.89. The minimum atomic E-state index is 0.818. The maximum absolute atomic E-state index is 4.52. The Morgan fingerprint density at radius 2 is 2.17 bits per heavy atom. The number of fused-ring (bicyclic) bond motifs is 1. The third-order valence-corrected chi connectivity index (χ3v) is 4.45. The minimum absolute atomic E-state index is 0.818. The molecule has 0 spiro atoms. The molecule has 3 heterocycles. The molecule has 0 aromatic carbocycles. The van der Waals surface area contributed by atoms with Gasteiger partial charge in [0.1, 0.15) is 16.5 Å². The van der Waals surface area contributed by atoms with Crippen molar-refractivity contribution in [3.63, 3.8) is 0 Å². The molecule has 3 aromatic rings. The first-order valence-electron chi connectivity index (χ1n) is 5.83. The van der Waals surface area contributed by atoms with Crippen molar-refractivity contribution in [2.45, 2.75) is 13.8 Å². The normalized spacial score (nSPS) is 11.0.